The molecule has 2 aromatic rings. The maximum absolute atomic E-state index is 12.9. The van der Waals surface area contributed by atoms with E-state index in [2.05, 4.69) is 40.2 Å². The van der Waals surface area contributed by atoms with Crippen LogP contribution in [0, 0.1) is 5.92 Å². The van der Waals surface area contributed by atoms with Crippen molar-refractivity contribution < 1.29 is 14.6 Å². The highest BCUT2D eigenvalue weighted by Crippen LogP contribution is 2.34. The molecule has 8 nitrogen and oxygen atoms in total. The Labute approximate surface area is 199 Å². The lowest BCUT2D eigenvalue weighted by Crippen LogP contribution is -2.35. The Morgan fingerprint density at radius 2 is 2.00 bits per heavy atom. The minimum atomic E-state index is -0.136. The summed E-state index contributed by atoms with van der Waals surface area (Å²) in [6, 6.07) is 5.25. The number of para-hydroxylation sites is 1. The van der Waals surface area contributed by atoms with Crippen LogP contribution in [0.2, 0.25) is 0 Å². The molecule has 2 aliphatic heterocycles. The molecule has 0 radical (unpaired) electrons. The summed E-state index contributed by atoms with van der Waals surface area (Å²) < 4.78 is 14.7. The summed E-state index contributed by atoms with van der Waals surface area (Å²) in [4.78, 5) is 14.7. The SMILES string of the molecule is CCC(Nc1nsnc1Nc1cccc(C(=O)N2CCCCC2)c1O)C1CC(C(C)C)=CO1. The number of rotatable bonds is 8. The largest absolute Gasteiger partial charge is 0.505 e. The number of carbonyl (C=O) groups is 1. The van der Waals surface area contributed by atoms with E-state index >= 15 is 0 Å². The van der Waals surface area contributed by atoms with E-state index in [1.807, 2.05) is 11.2 Å². The van der Waals surface area contributed by atoms with Gasteiger partial charge in [0.25, 0.3) is 5.91 Å². The third-order valence-corrected chi connectivity index (χ3v) is 6.96. The molecule has 9 heteroatoms. The van der Waals surface area contributed by atoms with Crippen LogP contribution in [0.5, 0.6) is 5.75 Å². The molecular formula is C24H33N5O3S. The Morgan fingerprint density at radius 1 is 1.24 bits per heavy atom. The number of anilines is 3. The average Bonchev–Trinajstić information content (AvgIpc) is 3.49. The van der Waals surface area contributed by atoms with Crippen LogP contribution in [0.1, 0.15) is 63.2 Å². The molecule has 2 unspecified atom stereocenters. The predicted octanol–water partition coefficient (Wildman–Crippen LogP) is 5.13. The van der Waals surface area contributed by atoms with Gasteiger partial charge in [0.05, 0.1) is 35.3 Å². The molecule has 1 amide bonds. The molecule has 0 saturated carbocycles. The molecule has 0 aliphatic carbocycles. The second-order valence-electron chi connectivity index (χ2n) is 9.03. The van der Waals surface area contributed by atoms with E-state index in [-0.39, 0.29) is 23.8 Å². The molecule has 2 aliphatic rings. The van der Waals surface area contributed by atoms with Crippen LogP contribution in [-0.2, 0) is 4.74 Å². The highest BCUT2D eigenvalue weighted by atomic mass is 32.1. The first-order chi connectivity index (χ1) is 16.0. The minimum absolute atomic E-state index is 0.0424. The lowest BCUT2D eigenvalue weighted by molar-refractivity contribution is 0.0721. The number of benzene rings is 1. The van der Waals surface area contributed by atoms with E-state index < -0.39 is 0 Å². The Balaban J connectivity index is 1.47. The number of amides is 1. The molecule has 1 aromatic heterocycles. The molecule has 0 spiro atoms. The third-order valence-electron chi connectivity index (χ3n) is 6.43. The number of hydrogen-bond donors (Lipinski definition) is 3. The number of piperidine rings is 1. The van der Waals surface area contributed by atoms with Crippen LogP contribution >= 0.6 is 11.7 Å². The van der Waals surface area contributed by atoms with Crippen LogP contribution < -0.4 is 10.6 Å². The summed E-state index contributed by atoms with van der Waals surface area (Å²) in [6.07, 6.45) is 6.84. The second kappa shape index (κ2) is 10.4. The number of carbonyl (C=O) groups excluding carboxylic acids is 1. The molecule has 3 heterocycles. The Bertz CT molecular complexity index is 1000. The number of likely N-dealkylation sites (tertiary alicyclic amines) is 1. The minimum Gasteiger partial charge on any atom is -0.505 e. The fourth-order valence-electron chi connectivity index (χ4n) is 4.32. The van der Waals surface area contributed by atoms with Gasteiger partial charge < -0.3 is 25.4 Å². The van der Waals surface area contributed by atoms with Gasteiger partial charge in [0, 0.05) is 19.5 Å². The maximum Gasteiger partial charge on any atom is 0.257 e. The number of phenols is 1. The molecule has 1 fully saturated rings. The Hall–Kier alpha value is -2.81. The first-order valence-electron chi connectivity index (χ1n) is 11.8. The van der Waals surface area contributed by atoms with E-state index in [1.54, 1.807) is 18.2 Å². The van der Waals surface area contributed by atoms with Crippen molar-refractivity contribution in [3.63, 3.8) is 0 Å². The van der Waals surface area contributed by atoms with Gasteiger partial charge in [-0.2, -0.15) is 8.75 Å². The van der Waals surface area contributed by atoms with Gasteiger partial charge >= 0.3 is 0 Å². The molecule has 33 heavy (non-hydrogen) atoms. The molecular weight excluding hydrogens is 438 g/mol. The molecule has 2 atom stereocenters. The van der Waals surface area contributed by atoms with Gasteiger partial charge in [0.15, 0.2) is 17.4 Å². The summed E-state index contributed by atoms with van der Waals surface area (Å²) in [6.45, 7) is 7.93. The number of ether oxygens (including phenoxy) is 1. The topological polar surface area (TPSA) is 99.6 Å². The van der Waals surface area contributed by atoms with Crippen LogP contribution in [0.25, 0.3) is 0 Å². The van der Waals surface area contributed by atoms with Crippen LogP contribution in [-0.4, -0.2) is 49.9 Å². The molecule has 178 valence electrons. The summed E-state index contributed by atoms with van der Waals surface area (Å²) in [5.41, 5.74) is 2.05. The number of nitrogens with one attached hydrogen (secondary N) is 2. The van der Waals surface area contributed by atoms with E-state index in [1.165, 1.54) is 5.57 Å². The lowest BCUT2D eigenvalue weighted by Gasteiger charge is -2.27. The monoisotopic (exact) mass is 471 g/mol. The van der Waals surface area contributed by atoms with Gasteiger partial charge in [0.1, 0.15) is 6.10 Å². The Kier molecular flexibility index (Phi) is 7.37. The zero-order valence-electron chi connectivity index (χ0n) is 19.5. The fraction of sp³-hybridized carbons (Fsp3) is 0.542. The van der Waals surface area contributed by atoms with Gasteiger partial charge in [-0.1, -0.05) is 26.8 Å². The van der Waals surface area contributed by atoms with E-state index in [0.29, 0.717) is 28.8 Å². The van der Waals surface area contributed by atoms with Crippen LogP contribution in [0.3, 0.4) is 0 Å². The number of phenolic OH excluding ortho intramolecular Hbond substituents is 1. The van der Waals surface area contributed by atoms with E-state index in [0.717, 1.165) is 56.9 Å². The predicted molar refractivity (Wildman–Crippen MR) is 131 cm³/mol. The lowest BCUT2D eigenvalue weighted by atomic mass is 9.96. The van der Waals surface area contributed by atoms with Gasteiger partial charge in [-0.15, -0.1) is 0 Å². The van der Waals surface area contributed by atoms with E-state index in [9.17, 15) is 9.90 Å². The van der Waals surface area contributed by atoms with Gasteiger partial charge in [-0.05, 0) is 49.3 Å². The second-order valence-corrected chi connectivity index (χ2v) is 9.55. The number of aromatic hydroxyl groups is 1. The summed E-state index contributed by atoms with van der Waals surface area (Å²) >= 11 is 1.09. The molecule has 1 aromatic carbocycles. The number of aromatic nitrogens is 2. The van der Waals surface area contributed by atoms with Crippen molar-refractivity contribution in [2.45, 2.75) is 65.0 Å². The van der Waals surface area contributed by atoms with Crippen molar-refractivity contribution in [2.75, 3.05) is 23.7 Å². The molecule has 1 saturated heterocycles. The van der Waals surface area contributed by atoms with Gasteiger partial charge in [-0.25, -0.2) is 0 Å². The third kappa shape index (κ3) is 5.24. The van der Waals surface area contributed by atoms with Crippen LogP contribution in [0.4, 0.5) is 17.3 Å². The van der Waals surface area contributed by atoms with Crippen LogP contribution in [0.15, 0.2) is 30.0 Å². The van der Waals surface area contributed by atoms with Gasteiger partial charge in [0.2, 0.25) is 0 Å². The highest BCUT2D eigenvalue weighted by molar-refractivity contribution is 6.99. The Morgan fingerprint density at radius 3 is 2.70 bits per heavy atom. The quantitative estimate of drug-likeness (QED) is 0.459. The van der Waals surface area contributed by atoms with Crippen molar-refractivity contribution in [3.8, 4) is 5.75 Å². The summed E-state index contributed by atoms with van der Waals surface area (Å²) in [7, 11) is 0. The summed E-state index contributed by atoms with van der Waals surface area (Å²) in [5.74, 6) is 1.40. The van der Waals surface area contributed by atoms with Crippen molar-refractivity contribution in [1.82, 2.24) is 13.6 Å². The maximum atomic E-state index is 12.9. The van der Waals surface area contributed by atoms with Gasteiger partial charge in [-0.3, -0.25) is 4.79 Å². The zero-order valence-corrected chi connectivity index (χ0v) is 20.3. The fourth-order valence-corrected chi connectivity index (χ4v) is 4.80. The average molecular weight is 472 g/mol. The van der Waals surface area contributed by atoms with Crippen molar-refractivity contribution >= 4 is 35.0 Å². The smallest absolute Gasteiger partial charge is 0.257 e. The van der Waals surface area contributed by atoms with Crippen molar-refractivity contribution in [3.05, 3.63) is 35.6 Å². The summed E-state index contributed by atoms with van der Waals surface area (Å²) in [5, 5.41) is 17.5. The molecule has 4 rings (SSSR count). The molecule has 3 N–H and O–H groups in total. The highest BCUT2D eigenvalue weighted by Gasteiger charge is 2.29. The zero-order chi connectivity index (χ0) is 23.4. The number of hydrogen-bond acceptors (Lipinski definition) is 8. The first kappa shape index (κ1) is 23.4. The van der Waals surface area contributed by atoms with Crippen molar-refractivity contribution in [1.29, 1.82) is 0 Å². The normalized spacial score (nSPS) is 19.2. The molecule has 0 bridgehead atoms. The first-order valence-corrected chi connectivity index (χ1v) is 12.5. The van der Waals surface area contributed by atoms with E-state index in [4.69, 9.17) is 4.74 Å². The standard InChI is InChI=1S/C24H33N5O3S/c1-4-18(20-13-16(14-32-20)15(2)3)25-22-23(28-33-27-22)26-19-10-8-9-17(21(19)30)24(31)29-11-6-5-7-12-29/h8-10,14-15,18,20,30H,4-7,11-13H2,1-3H3,(H,25,27)(H,26,28). The number of nitrogens with zero attached hydrogens (tertiary/aromatic N) is 3. The van der Waals surface area contributed by atoms with Crippen molar-refractivity contribution in [2.24, 2.45) is 5.92 Å².